The zero-order chi connectivity index (χ0) is 29.7. The van der Waals surface area contributed by atoms with Crippen LogP contribution in [0, 0.1) is 0 Å². The maximum Gasteiger partial charge on any atom is 0.164 e. The first kappa shape index (κ1) is 25.3. The fourth-order valence-electron chi connectivity index (χ4n) is 6.16. The van der Waals surface area contributed by atoms with Crippen molar-refractivity contribution >= 4 is 43.7 Å². The first-order valence-electron chi connectivity index (χ1n) is 14.9. The number of hydrogen-bond donors (Lipinski definition) is 0. The van der Waals surface area contributed by atoms with Gasteiger partial charge in [0.15, 0.2) is 23.1 Å². The standard InChI is InChI=1S/C40H24N4O/c1-3-12-25(13-4-1)32-23-29(22-27-16-7-9-18-30(27)32)39-42-38(26-14-5-2-6-15-26)43-40(44-39)31-19-11-21-34-36(31)37-35(45-34)24-28-17-8-10-20-33(28)41-37/h1-24H. The number of rotatable bonds is 4. The first-order chi connectivity index (χ1) is 22.3. The van der Waals surface area contributed by atoms with Crippen molar-refractivity contribution in [3.63, 3.8) is 0 Å². The molecule has 0 aliphatic heterocycles. The molecule has 0 spiro atoms. The topological polar surface area (TPSA) is 64.7 Å². The molecule has 0 fully saturated rings. The van der Waals surface area contributed by atoms with E-state index in [2.05, 4.69) is 66.7 Å². The molecule has 0 aliphatic rings. The van der Waals surface area contributed by atoms with Gasteiger partial charge in [-0.15, -0.1) is 0 Å². The van der Waals surface area contributed by atoms with Gasteiger partial charge in [0.25, 0.3) is 0 Å². The van der Waals surface area contributed by atoms with Crippen LogP contribution in [0.2, 0.25) is 0 Å². The summed E-state index contributed by atoms with van der Waals surface area (Å²) >= 11 is 0. The highest BCUT2D eigenvalue weighted by atomic mass is 16.3. The zero-order valence-electron chi connectivity index (χ0n) is 24.1. The van der Waals surface area contributed by atoms with Gasteiger partial charge in [0.1, 0.15) is 11.1 Å². The normalized spacial score (nSPS) is 11.6. The van der Waals surface area contributed by atoms with Crippen molar-refractivity contribution in [2.45, 2.75) is 0 Å². The molecule has 0 radical (unpaired) electrons. The van der Waals surface area contributed by atoms with Crippen LogP contribution in [-0.2, 0) is 0 Å². The number of pyridine rings is 1. The molecule has 0 saturated heterocycles. The second-order valence-corrected chi connectivity index (χ2v) is 11.1. The highest BCUT2D eigenvalue weighted by molar-refractivity contribution is 6.12. The molecule has 210 valence electrons. The van der Waals surface area contributed by atoms with Crippen LogP contribution in [0.1, 0.15) is 0 Å². The van der Waals surface area contributed by atoms with Gasteiger partial charge >= 0.3 is 0 Å². The van der Waals surface area contributed by atoms with Gasteiger partial charge in [0, 0.05) is 22.1 Å². The van der Waals surface area contributed by atoms with E-state index in [4.69, 9.17) is 24.4 Å². The summed E-state index contributed by atoms with van der Waals surface area (Å²) in [7, 11) is 0. The molecule has 45 heavy (non-hydrogen) atoms. The predicted molar refractivity (Wildman–Crippen MR) is 182 cm³/mol. The Balaban J connectivity index is 1.32. The molecule has 3 aromatic heterocycles. The minimum atomic E-state index is 0.566. The summed E-state index contributed by atoms with van der Waals surface area (Å²) in [4.78, 5) is 20.3. The molecule has 0 aliphatic carbocycles. The third-order valence-electron chi connectivity index (χ3n) is 8.29. The van der Waals surface area contributed by atoms with Crippen LogP contribution in [0.25, 0.3) is 89.0 Å². The van der Waals surface area contributed by atoms with Crippen LogP contribution in [0.15, 0.2) is 150 Å². The van der Waals surface area contributed by atoms with E-state index in [0.717, 1.165) is 66.2 Å². The van der Waals surface area contributed by atoms with E-state index < -0.39 is 0 Å². The second kappa shape index (κ2) is 10.2. The molecule has 0 atom stereocenters. The van der Waals surface area contributed by atoms with Gasteiger partial charge in [-0.25, -0.2) is 19.9 Å². The summed E-state index contributed by atoms with van der Waals surface area (Å²) in [5.41, 5.74) is 8.13. The first-order valence-corrected chi connectivity index (χ1v) is 14.9. The minimum absolute atomic E-state index is 0.566. The third-order valence-corrected chi connectivity index (χ3v) is 8.29. The van der Waals surface area contributed by atoms with Crippen LogP contribution in [0.3, 0.4) is 0 Å². The molecule has 5 heteroatoms. The lowest BCUT2D eigenvalue weighted by Gasteiger charge is -2.12. The Bertz CT molecular complexity index is 2540. The van der Waals surface area contributed by atoms with Crippen LogP contribution in [0.4, 0.5) is 0 Å². The number of furan rings is 1. The van der Waals surface area contributed by atoms with Crippen molar-refractivity contribution in [2.75, 3.05) is 0 Å². The van der Waals surface area contributed by atoms with Gasteiger partial charge in [-0.05, 0) is 52.2 Å². The summed E-state index contributed by atoms with van der Waals surface area (Å²) in [6, 6.07) is 49.4. The van der Waals surface area contributed by atoms with Crippen molar-refractivity contribution in [3.8, 4) is 45.3 Å². The number of hydrogen-bond acceptors (Lipinski definition) is 5. The van der Waals surface area contributed by atoms with Crippen molar-refractivity contribution in [1.29, 1.82) is 0 Å². The average Bonchev–Trinajstić information content (AvgIpc) is 3.48. The van der Waals surface area contributed by atoms with Crippen LogP contribution >= 0.6 is 0 Å². The summed E-state index contributed by atoms with van der Waals surface area (Å²) < 4.78 is 6.33. The highest BCUT2D eigenvalue weighted by Gasteiger charge is 2.19. The van der Waals surface area contributed by atoms with Crippen LogP contribution in [-0.4, -0.2) is 19.9 Å². The Hall–Kier alpha value is -6.20. The molecule has 0 amide bonds. The minimum Gasteiger partial charge on any atom is -0.454 e. The Kier molecular flexibility index (Phi) is 5.74. The molecule has 6 aromatic carbocycles. The number of benzene rings is 6. The van der Waals surface area contributed by atoms with E-state index in [1.54, 1.807) is 0 Å². The maximum absolute atomic E-state index is 6.33. The second-order valence-electron chi connectivity index (χ2n) is 11.1. The molecule has 3 heterocycles. The van der Waals surface area contributed by atoms with Gasteiger partial charge in [-0.2, -0.15) is 0 Å². The van der Waals surface area contributed by atoms with Gasteiger partial charge < -0.3 is 4.42 Å². The molecule has 0 saturated carbocycles. The number of para-hydroxylation sites is 1. The van der Waals surface area contributed by atoms with Crippen molar-refractivity contribution in [2.24, 2.45) is 0 Å². The van der Waals surface area contributed by atoms with Gasteiger partial charge in [0.2, 0.25) is 0 Å². The van der Waals surface area contributed by atoms with Crippen molar-refractivity contribution in [1.82, 2.24) is 19.9 Å². The molecular formula is C40H24N4O. The van der Waals surface area contributed by atoms with E-state index in [1.807, 2.05) is 78.9 Å². The molecule has 9 aromatic rings. The van der Waals surface area contributed by atoms with Crippen molar-refractivity contribution < 1.29 is 4.42 Å². The number of aromatic nitrogens is 4. The Morgan fingerprint density at radius 2 is 1.07 bits per heavy atom. The lowest BCUT2D eigenvalue weighted by atomic mass is 9.95. The molecule has 9 rings (SSSR count). The number of fused-ring (bicyclic) bond motifs is 5. The van der Waals surface area contributed by atoms with E-state index >= 15 is 0 Å². The monoisotopic (exact) mass is 576 g/mol. The SMILES string of the molecule is c1ccc(-c2nc(-c3cc(-c4ccccc4)c4ccccc4c3)nc(-c3cccc4oc5cc6ccccc6nc5c34)n2)cc1. The van der Waals surface area contributed by atoms with E-state index in [1.165, 1.54) is 5.39 Å². The number of nitrogens with zero attached hydrogens (tertiary/aromatic N) is 4. The predicted octanol–water partition coefficient (Wildman–Crippen LogP) is 10.1. The van der Waals surface area contributed by atoms with E-state index in [9.17, 15) is 0 Å². The summed E-state index contributed by atoms with van der Waals surface area (Å²) in [6.45, 7) is 0. The van der Waals surface area contributed by atoms with Gasteiger partial charge in [-0.1, -0.05) is 115 Å². The van der Waals surface area contributed by atoms with Gasteiger partial charge in [-0.3, -0.25) is 0 Å². The third kappa shape index (κ3) is 4.33. The van der Waals surface area contributed by atoms with Crippen LogP contribution in [0.5, 0.6) is 0 Å². The van der Waals surface area contributed by atoms with Crippen LogP contribution < -0.4 is 0 Å². The summed E-state index contributed by atoms with van der Waals surface area (Å²) in [6.07, 6.45) is 0. The fourth-order valence-corrected chi connectivity index (χ4v) is 6.16. The maximum atomic E-state index is 6.33. The molecule has 0 unspecified atom stereocenters. The van der Waals surface area contributed by atoms with Gasteiger partial charge in [0.05, 0.1) is 10.9 Å². The van der Waals surface area contributed by atoms with E-state index in [-0.39, 0.29) is 0 Å². The smallest absolute Gasteiger partial charge is 0.164 e. The largest absolute Gasteiger partial charge is 0.454 e. The Morgan fingerprint density at radius 3 is 1.89 bits per heavy atom. The fraction of sp³-hybridized carbons (Fsp3) is 0. The summed E-state index contributed by atoms with van der Waals surface area (Å²) in [5, 5.41) is 4.22. The Labute approximate surface area is 258 Å². The average molecular weight is 577 g/mol. The lowest BCUT2D eigenvalue weighted by Crippen LogP contribution is -2.01. The molecule has 0 N–H and O–H groups in total. The molecular weight excluding hydrogens is 552 g/mol. The quantitative estimate of drug-likeness (QED) is 0.209. The zero-order valence-corrected chi connectivity index (χ0v) is 24.1. The molecule has 0 bridgehead atoms. The Morgan fingerprint density at radius 1 is 0.400 bits per heavy atom. The highest BCUT2D eigenvalue weighted by Crippen LogP contribution is 2.38. The molecule has 5 nitrogen and oxygen atoms in total. The van der Waals surface area contributed by atoms with Crippen molar-refractivity contribution in [3.05, 3.63) is 146 Å². The summed E-state index contributed by atoms with van der Waals surface area (Å²) in [5.74, 6) is 1.77. The van der Waals surface area contributed by atoms with E-state index in [0.29, 0.717) is 17.5 Å². The lowest BCUT2D eigenvalue weighted by molar-refractivity contribution is 0.669.